The molecule has 4 heteroatoms. The minimum atomic E-state index is -0.766. The van der Waals surface area contributed by atoms with Crippen LogP contribution in [0, 0.1) is 11.3 Å². The lowest BCUT2D eigenvalue weighted by Gasteiger charge is -2.01. The number of primary amides is 1. The van der Waals surface area contributed by atoms with E-state index in [2.05, 4.69) is 5.32 Å². The Morgan fingerprint density at radius 2 is 2.00 bits per heavy atom. The third-order valence-electron chi connectivity index (χ3n) is 2.08. The largest absolute Gasteiger partial charge is 0.351 e. The molecule has 0 aromatic heterocycles. The zero-order chi connectivity index (χ0) is 8.65. The molecule has 1 rings (SSSR count). The summed E-state index contributed by atoms with van der Waals surface area (Å²) in [5.74, 6) is -0.280. The lowest BCUT2D eigenvalue weighted by atomic mass is 10.1. The number of nitrogens with one attached hydrogen (secondary N) is 1. The molecule has 0 aliphatic heterocycles. The number of carbonyl (C=O) groups is 2. The number of imide groups is 1. The van der Waals surface area contributed by atoms with Crippen LogP contribution in [0.2, 0.25) is 0 Å². The van der Waals surface area contributed by atoms with Crippen molar-refractivity contribution in [3.05, 3.63) is 0 Å². The Morgan fingerprint density at radius 1 is 1.55 bits per heavy atom. The zero-order valence-corrected chi connectivity index (χ0v) is 6.68. The molecule has 1 aliphatic rings. The van der Waals surface area contributed by atoms with Gasteiger partial charge in [-0.2, -0.15) is 0 Å². The number of nitrogens with two attached hydrogens (primary N) is 1. The Kier molecular flexibility index (Phi) is 1.62. The van der Waals surface area contributed by atoms with Gasteiger partial charge in [0.15, 0.2) is 0 Å². The average molecular weight is 156 g/mol. The van der Waals surface area contributed by atoms with E-state index in [1.54, 1.807) is 0 Å². The second kappa shape index (κ2) is 2.22. The third-order valence-corrected chi connectivity index (χ3v) is 2.08. The van der Waals surface area contributed by atoms with E-state index in [4.69, 9.17) is 5.73 Å². The van der Waals surface area contributed by atoms with Crippen LogP contribution in [0.25, 0.3) is 0 Å². The molecular weight excluding hydrogens is 144 g/mol. The Bertz CT molecular complexity index is 210. The summed E-state index contributed by atoms with van der Waals surface area (Å²) in [6, 6.07) is -0.766. The molecule has 1 atom stereocenters. The van der Waals surface area contributed by atoms with Gasteiger partial charge in [-0.3, -0.25) is 10.1 Å². The van der Waals surface area contributed by atoms with Crippen molar-refractivity contribution in [3.8, 4) is 0 Å². The molecule has 62 valence electrons. The molecular formula is C7H12N2O2. The van der Waals surface area contributed by atoms with Crippen LogP contribution in [0.5, 0.6) is 0 Å². The summed E-state index contributed by atoms with van der Waals surface area (Å²) in [6.07, 6.45) is 0.839. The van der Waals surface area contributed by atoms with Crippen molar-refractivity contribution in [2.24, 2.45) is 17.1 Å². The van der Waals surface area contributed by atoms with Crippen LogP contribution in [-0.2, 0) is 4.79 Å². The fourth-order valence-electron chi connectivity index (χ4n) is 1.12. The molecule has 0 bridgehead atoms. The van der Waals surface area contributed by atoms with Gasteiger partial charge in [0, 0.05) is 5.92 Å². The molecule has 1 aliphatic carbocycles. The monoisotopic (exact) mass is 156 g/mol. The van der Waals surface area contributed by atoms with Gasteiger partial charge < -0.3 is 5.73 Å². The van der Waals surface area contributed by atoms with Crippen molar-refractivity contribution in [1.82, 2.24) is 5.32 Å². The summed E-state index contributed by atoms with van der Waals surface area (Å²) in [4.78, 5) is 21.3. The van der Waals surface area contributed by atoms with E-state index in [-0.39, 0.29) is 17.2 Å². The predicted molar refractivity (Wildman–Crippen MR) is 39.6 cm³/mol. The normalized spacial score (nSPS) is 25.8. The Labute approximate surface area is 65.1 Å². The van der Waals surface area contributed by atoms with Crippen LogP contribution in [0.4, 0.5) is 4.79 Å². The minimum Gasteiger partial charge on any atom is -0.351 e. The number of carbonyl (C=O) groups excluding carboxylic acids is 2. The van der Waals surface area contributed by atoms with Crippen molar-refractivity contribution in [3.63, 3.8) is 0 Å². The lowest BCUT2D eigenvalue weighted by Crippen LogP contribution is -2.36. The van der Waals surface area contributed by atoms with Gasteiger partial charge in [-0.05, 0) is 11.8 Å². The number of rotatable bonds is 1. The topological polar surface area (TPSA) is 72.2 Å². The maximum absolute atomic E-state index is 11.0. The van der Waals surface area contributed by atoms with Crippen LogP contribution in [0.15, 0.2) is 0 Å². The van der Waals surface area contributed by atoms with Crippen molar-refractivity contribution in [2.75, 3.05) is 0 Å². The Morgan fingerprint density at radius 3 is 2.27 bits per heavy atom. The predicted octanol–water partition coefficient (Wildman–Crippen LogP) is 0.227. The Hall–Kier alpha value is -1.06. The van der Waals surface area contributed by atoms with Crippen LogP contribution >= 0.6 is 0 Å². The molecule has 4 nitrogen and oxygen atoms in total. The van der Waals surface area contributed by atoms with Gasteiger partial charge in [-0.25, -0.2) is 4.79 Å². The molecule has 11 heavy (non-hydrogen) atoms. The first-order valence-electron chi connectivity index (χ1n) is 3.54. The van der Waals surface area contributed by atoms with E-state index in [0.717, 1.165) is 6.42 Å². The zero-order valence-electron chi connectivity index (χ0n) is 6.68. The quantitative estimate of drug-likeness (QED) is 0.570. The van der Waals surface area contributed by atoms with Gasteiger partial charge in [0.25, 0.3) is 0 Å². The SMILES string of the molecule is CC1(C)CC1C(=O)NC(N)=O. The number of urea groups is 1. The van der Waals surface area contributed by atoms with Gasteiger partial charge in [0.05, 0.1) is 0 Å². The maximum atomic E-state index is 11.0. The first-order chi connectivity index (χ1) is 4.93. The third kappa shape index (κ3) is 1.69. The minimum absolute atomic E-state index is 0.0324. The summed E-state index contributed by atoms with van der Waals surface area (Å²) >= 11 is 0. The first kappa shape index (κ1) is 8.04. The van der Waals surface area contributed by atoms with Gasteiger partial charge >= 0.3 is 6.03 Å². The molecule has 0 saturated heterocycles. The molecule has 0 spiro atoms. The van der Waals surface area contributed by atoms with Crippen molar-refractivity contribution >= 4 is 11.9 Å². The van der Waals surface area contributed by atoms with E-state index in [1.165, 1.54) is 0 Å². The molecule has 3 N–H and O–H groups in total. The molecule has 0 aromatic rings. The van der Waals surface area contributed by atoms with E-state index >= 15 is 0 Å². The molecule has 0 radical (unpaired) electrons. The van der Waals surface area contributed by atoms with Crippen LogP contribution in [0.3, 0.4) is 0 Å². The number of hydrogen-bond acceptors (Lipinski definition) is 2. The second-order valence-corrected chi connectivity index (χ2v) is 3.60. The van der Waals surface area contributed by atoms with Gasteiger partial charge in [-0.1, -0.05) is 13.8 Å². The smallest absolute Gasteiger partial charge is 0.318 e. The average Bonchev–Trinajstić information content (AvgIpc) is 2.38. The maximum Gasteiger partial charge on any atom is 0.318 e. The fraction of sp³-hybridized carbons (Fsp3) is 0.714. The van der Waals surface area contributed by atoms with Crippen molar-refractivity contribution in [1.29, 1.82) is 0 Å². The first-order valence-corrected chi connectivity index (χ1v) is 3.54. The fourth-order valence-corrected chi connectivity index (χ4v) is 1.12. The van der Waals surface area contributed by atoms with E-state index in [9.17, 15) is 9.59 Å². The van der Waals surface area contributed by atoms with E-state index < -0.39 is 6.03 Å². The molecule has 3 amide bonds. The second-order valence-electron chi connectivity index (χ2n) is 3.60. The van der Waals surface area contributed by atoms with Crippen LogP contribution < -0.4 is 11.1 Å². The molecule has 1 fully saturated rings. The van der Waals surface area contributed by atoms with Crippen molar-refractivity contribution < 1.29 is 9.59 Å². The molecule has 0 heterocycles. The summed E-state index contributed by atoms with van der Waals surface area (Å²) < 4.78 is 0. The summed E-state index contributed by atoms with van der Waals surface area (Å²) in [6.45, 7) is 3.97. The molecule has 1 unspecified atom stereocenters. The summed E-state index contributed by atoms with van der Waals surface area (Å²) in [5.41, 5.74) is 4.83. The van der Waals surface area contributed by atoms with Crippen molar-refractivity contribution in [2.45, 2.75) is 20.3 Å². The number of amides is 3. The highest BCUT2D eigenvalue weighted by Crippen LogP contribution is 2.51. The van der Waals surface area contributed by atoms with E-state index in [0.29, 0.717) is 0 Å². The van der Waals surface area contributed by atoms with Gasteiger partial charge in [-0.15, -0.1) is 0 Å². The lowest BCUT2D eigenvalue weighted by molar-refractivity contribution is -0.121. The number of hydrogen-bond donors (Lipinski definition) is 2. The van der Waals surface area contributed by atoms with Crippen LogP contribution in [0.1, 0.15) is 20.3 Å². The highest BCUT2D eigenvalue weighted by molar-refractivity contribution is 5.96. The van der Waals surface area contributed by atoms with Gasteiger partial charge in [0.1, 0.15) is 0 Å². The van der Waals surface area contributed by atoms with Crippen LogP contribution in [-0.4, -0.2) is 11.9 Å². The molecule has 0 aromatic carbocycles. The standard InChI is InChI=1S/C7H12N2O2/c1-7(2)3-4(7)5(10)9-6(8)11/h4H,3H2,1-2H3,(H3,8,9,10,11). The highest BCUT2D eigenvalue weighted by atomic mass is 16.2. The van der Waals surface area contributed by atoms with Gasteiger partial charge in [0.2, 0.25) is 5.91 Å². The summed E-state index contributed by atoms with van der Waals surface area (Å²) in [5, 5.41) is 2.06. The Balaban J connectivity index is 2.40. The summed E-state index contributed by atoms with van der Waals surface area (Å²) in [7, 11) is 0. The molecule has 1 saturated carbocycles. The highest BCUT2D eigenvalue weighted by Gasteiger charge is 2.50. The van der Waals surface area contributed by atoms with E-state index in [1.807, 2.05) is 13.8 Å².